The second-order valence-electron chi connectivity index (χ2n) is 3.55. The second kappa shape index (κ2) is 4.80. The predicted molar refractivity (Wildman–Crippen MR) is 45.2 cm³/mol. The van der Waals surface area contributed by atoms with Crippen LogP contribution in [0.2, 0.25) is 0 Å². The highest BCUT2D eigenvalue weighted by Gasteiger charge is 2.36. The summed E-state index contributed by atoms with van der Waals surface area (Å²) in [6.45, 7) is 0. The zero-order chi connectivity index (χ0) is 11.5. The van der Waals surface area contributed by atoms with E-state index < -0.39 is 12.5 Å². The first-order chi connectivity index (χ1) is 6.92. The molecule has 0 radical (unpaired) electrons. The standard InChI is InChI=1S/C8H13F3N2O2/c9-8(10,11)15-6-3-1-5(2-4-6)7(14)13-12/h5-6H,1-4,12H2,(H,13,14). The molecule has 0 saturated heterocycles. The van der Waals surface area contributed by atoms with Crippen LogP contribution in [0.25, 0.3) is 0 Å². The number of hydrazine groups is 1. The molecule has 0 atom stereocenters. The maximum absolute atomic E-state index is 11.8. The van der Waals surface area contributed by atoms with Crippen molar-refractivity contribution < 1.29 is 22.7 Å². The van der Waals surface area contributed by atoms with Gasteiger partial charge in [0.15, 0.2) is 0 Å². The van der Waals surface area contributed by atoms with Crippen molar-refractivity contribution in [3.63, 3.8) is 0 Å². The van der Waals surface area contributed by atoms with Crippen LogP contribution in [0.4, 0.5) is 13.2 Å². The van der Waals surface area contributed by atoms with E-state index in [1.165, 1.54) is 0 Å². The number of hydrogen-bond donors (Lipinski definition) is 2. The van der Waals surface area contributed by atoms with Crippen LogP contribution in [-0.2, 0) is 9.53 Å². The van der Waals surface area contributed by atoms with Crippen LogP contribution >= 0.6 is 0 Å². The molecule has 1 saturated carbocycles. The number of hydrogen-bond acceptors (Lipinski definition) is 3. The fraction of sp³-hybridized carbons (Fsp3) is 0.875. The number of halogens is 3. The van der Waals surface area contributed by atoms with Crippen molar-refractivity contribution in [2.75, 3.05) is 0 Å². The average Bonchev–Trinajstić information content (AvgIpc) is 2.15. The van der Waals surface area contributed by atoms with E-state index in [0.717, 1.165) is 0 Å². The van der Waals surface area contributed by atoms with Crippen molar-refractivity contribution in [2.45, 2.75) is 38.1 Å². The zero-order valence-electron chi connectivity index (χ0n) is 8.01. The van der Waals surface area contributed by atoms with E-state index in [0.29, 0.717) is 12.8 Å². The molecular formula is C8H13F3N2O2. The van der Waals surface area contributed by atoms with E-state index in [-0.39, 0.29) is 24.7 Å². The molecular weight excluding hydrogens is 213 g/mol. The van der Waals surface area contributed by atoms with Gasteiger partial charge in [0.25, 0.3) is 0 Å². The molecule has 88 valence electrons. The average molecular weight is 226 g/mol. The van der Waals surface area contributed by atoms with Crippen molar-refractivity contribution in [3.8, 4) is 0 Å². The van der Waals surface area contributed by atoms with Crippen LogP contribution in [-0.4, -0.2) is 18.4 Å². The topological polar surface area (TPSA) is 64.3 Å². The Morgan fingerprint density at radius 1 is 1.27 bits per heavy atom. The van der Waals surface area contributed by atoms with E-state index in [1.54, 1.807) is 0 Å². The molecule has 0 spiro atoms. The Kier molecular flexibility index (Phi) is 3.92. The minimum Gasteiger partial charge on any atom is -0.294 e. The summed E-state index contributed by atoms with van der Waals surface area (Å²) >= 11 is 0. The van der Waals surface area contributed by atoms with Crippen LogP contribution in [0.3, 0.4) is 0 Å². The van der Waals surface area contributed by atoms with Crippen LogP contribution in [0.5, 0.6) is 0 Å². The maximum Gasteiger partial charge on any atom is 0.522 e. The summed E-state index contributed by atoms with van der Waals surface area (Å²) in [5.74, 6) is 4.32. The summed E-state index contributed by atoms with van der Waals surface area (Å²) < 4.78 is 39.4. The van der Waals surface area contributed by atoms with Crippen LogP contribution < -0.4 is 11.3 Å². The molecule has 3 N–H and O–H groups in total. The van der Waals surface area contributed by atoms with E-state index in [2.05, 4.69) is 4.74 Å². The minimum atomic E-state index is -4.59. The number of alkyl halides is 3. The second-order valence-corrected chi connectivity index (χ2v) is 3.55. The lowest BCUT2D eigenvalue weighted by Crippen LogP contribution is -2.39. The van der Waals surface area contributed by atoms with Gasteiger partial charge in [0.05, 0.1) is 6.10 Å². The van der Waals surface area contributed by atoms with Gasteiger partial charge in [-0.1, -0.05) is 0 Å². The molecule has 0 aliphatic heterocycles. The molecule has 1 aliphatic carbocycles. The predicted octanol–water partition coefficient (Wildman–Crippen LogP) is 1.07. The minimum absolute atomic E-state index is 0.234. The first kappa shape index (κ1) is 12.3. The molecule has 1 aliphatic rings. The molecule has 0 unspecified atom stereocenters. The van der Waals surface area contributed by atoms with Crippen LogP contribution in [0.15, 0.2) is 0 Å². The Labute approximate surface area is 84.9 Å². The van der Waals surface area contributed by atoms with Crippen molar-refractivity contribution >= 4 is 5.91 Å². The van der Waals surface area contributed by atoms with Crippen molar-refractivity contribution in [1.29, 1.82) is 0 Å². The SMILES string of the molecule is NNC(=O)C1CCC(OC(F)(F)F)CC1. The summed E-state index contributed by atoms with van der Waals surface area (Å²) in [7, 11) is 0. The first-order valence-electron chi connectivity index (χ1n) is 4.67. The Morgan fingerprint density at radius 2 is 1.80 bits per heavy atom. The number of amides is 1. The lowest BCUT2D eigenvalue weighted by atomic mass is 9.87. The normalized spacial score (nSPS) is 27.5. The van der Waals surface area contributed by atoms with Gasteiger partial charge in [0.1, 0.15) is 0 Å². The molecule has 4 nitrogen and oxygen atoms in total. The van der Waals surface area contributed by atoms with Gasteiger partial charge in [-0.3, -0.25) is 15.0 Å². The summed E-state index contributed by atoms with van der Waals surface area (Å²) in [5.41, 5.74) is 2.00. The van der Waals surface area contributed by atoms with E-state index in [4.69, 9.17) is 5.84 Å². The number of carbonyl (C=O) groups is 1. The van der Waals surface area contributed by atoms with Crippen molar-refractivity contribution in [1.82, 2.24) is 5.43 Å². The third-order valence-corrected chi connectivity index (χ3v) is 2.49. The quantitative estimate of drug-likeness (QED) is 0.420. The number of nitrogens with one attached hydrogen (secondary N) is 1. The number of nitrogens with two attached hydrogens (primary N) is 1. The summed E-state index contributed by atoms with van der Waals surface area (Å²) in [4.78, 5) is 11.1. The third-order valence-electron chi connectivity index (χ3n) is 2.49. The van der Waals surface area contributed by atoms with Gasteiger partial charge in [0, 0.05) is 5.92 Å². The molecule has 0 aromatic rings. The van der Waals surface area contributed by atoms with Gasteiger partial charge in [-0.15, -0.1) is 13.2 Å². The largest absolute Gasteiger partial charge is 0.522 e. The molecule has 0 heterocycles. The Morgan fingerprint density at radius 3 is 2.20 bits per heavy atom. The Balaban J connectivity index is 2.33. The van der Waals surface area contributed by atoms with Gasteiger partial charge < -0.3 is 0 Å². The fourth-order valence-corrected chi connectivity index (χ4v) is 1.75. The third kappa shape index (κ3) is 4.05. The molecule has 1 fully saturated rings. The lowest BCUT2D eigenvalue weighted by Gasteiger charge is -2.27. The summed E-state index contributed by atoms with van der Waals surface area (Å²) in [6, 6.07) is 0. The first-order valence-corrected chi connectivity index (χ1v) is 4.67. The van der Waals surface area contributed by atoms with E-state index in [1.807, 2.05) is 5.43 Å². The smallest absolute Gasteiger partial charge is 0.294 e. The van der Waals surface area contributed by atoms with E-state index in [9.17, 15) is 18.0 Å². The lowest BCUT2D eigenvalue weighted by molar-refractivity contribution is -0.345. The number of carbonyl (C=O) groups excluding carboxylic acids is 1. The monoisotopic (exact) mass is 226 g/mol. The number of rotatable bonds is 2. The van der Waals surface area contributed by atoms with Gasteiger partial charge in [0.2, 0.25) is 5.91 Å². The van der Waals surface area contributed by atoms with Crippen LogP contribution in [0.1, 0.15) is 25.7 Å². The summed E-state index contributed by atoms with van der Waals surface area (Å²) in [6.07, 6.45) is -4.19. The van der Waals surface area contributed by atoms with E-state index >= 15 is 0 Å². The van der Waals surface area contributed by atoms with Gasteiger partial charge >= 0.3 is 6.36 Å². The van der Waals surface area contributed by atoms with Crippen molar-refractivity contribution in [3.05, 3.63) is 0 Å². The molecule has 15 heavy (non-hydrogen) atoms. The Hall–Kier alpha value is -0.820. The molecule has 0 aromatic heterocycles. The highest BCUT2D eigenvalue weighted by molar-refractivity contribution is 5.77. The zero-order valence-corrected chi connectivity index (χ0v) is 8.01. The summed E-state index contributed by atoms with van der Waals surface area (Å²) in [5, 5.41) is 0. The highest BCUT2D eigenvalue weighted by atomic mass is 19.4. The fourth-order valence-electron chi connectivity index (χ4n) is 1.75. The van der Waals surface area contributed by atoms with Gasteiger partial charge in [-0.25, -0.2) is 5.84 Å². The maximum atomic E-state index is 11.8. The number of ether oxygens (including phenoxy) is 1. The molecule has 1 amide bonds. The molecule has 7 heteroatoms. The van der Waals surface area contributed by atoms with Gasteiger partial charge in [-0.05, 0) is 25.7 Å². The molecule has 1 rings (SSSR count). The molecule has 0 aromatic carbocycles. The highest BCUT2D eigenvalue weighted by Crippen LogP contribution is 2.30. The van der Waals surface area contributed by atoms with Crippen molar-refractivity contribution in [2.24, 2.45) is 11.8 Å². The van der Waals surface area contributed by atoms with Crippen LogP contribution in [0, 0.1) is 5.92 Å². The molecule has 0 bridgehead atoms. The Bertz CT molecular complexity index is 224. The van der Waals surface area contributed by atoms with Gasteiger partial charge in [-0.2, -0.15) is 0 Å².